The molecule has 0 bridgehead atoms. The van der Waals surface area contributed by atoms with Crippen LogP contribution in [0.4, 0.5) is 5.69 Å². The molecular formula is C12H14Cl2N2O. The van der Waals surface area contributed by atoms with Gasteiger partial charge in [-0.25, -0.2) is 0 Å². The Morgan fingerprint density at radius 3 is 2.82 bits per heavy atom. The summed E-state index contributed by atoms with van der Waals surface area (Å²) in [6.45, 7) is 0.895. The Labute approximate surface area is 110 Å². The highest BCUT2D eigenvalue weighted by Crippen LogP contribution is 2.25. The first-order chi connectivity index (χ1) is 8.16. The van der Waals surface area contributed by atoms with Gasteiger partial charge in [0.1, 0.15) is 0 Å². The number of piperidine rings is 1. The molecule has 1 amide bonds. The largest absolute Gasteiger partial charge is 0.323 e. The van der Waals surface area contributed by atoms with Crippen LogP contribution in [-0.4, -0.2) is 18.5 Å². The minimum absolute atomic E-state index is 0.0334. The lowest BCUT2D eigenvalue weighted by atomic mass is 10.0. The molecular weight excluding hydrogens is 259 g/mol. The second-order valence-electron chi connectivity index (χ2n) is 4.12. The molecule has 1 aliphatic rings. The summed E-state index contributed by atoms with van der Waals surface area (Å²) in [5.41, 5.74) is 0.605. The van der Waals surface area contributed by atoms with Gasteiger partial charge in [-0.05, 0) is 37.6 Å². The number of anilines is 1. The highest BCUT2D eigenvalue weighted by molar-refractivity contribution is 6.36. The Morgan fingerprint density at radius 2 is 2.18 bits per heavy atom. The molecule has 1 aromatic rings. The molecule has 92 valence electrons. The van der Waals surface area contributed by atoms with Gasteiger partial charge < -0.3 is 10.6 Å². The normalized spacial score (nSPS) is 20.0. The van der Waals surface area contributed by atoms with E-state index in [1.165, 1.54) is 0 Å². The fourth-order valence-corrected chi connectivity index (χ4v) is 2.34. The van der Waals surface area contributed by atoms with Crippen LogP contribution in [0.5, 0.6) is 0 Å². The number of halogens is 2. The minimum atomic E-state index is -0.115. The van der Waals surface area contributed by atoms with Crippen LogP contribution in [-0.2, 0) is 4.79 Å². The minimum Gasteiger partial charge on any atom is -0.323 e. The number of benzene rings is 1. The maximum atomic E-state index is 11.9. The van der Waals surface area contributed by atoms with Crippen molar-refractivity contribution in [2.24, 2.45) is 0 Å². The smallest absolute Gasteiger partial charge is 0.241 e. The molecule has 17 heavy (non-hydrogen) atoms. The highest BCUT2D eigenvalue weighted by atomic mass is 35.5. The average Bonchev–Trinajstić information content (AvgIpc) is 2.34. The van der Waals surface area contributed by atoms with Crippen molar-refractivity contribution in [3.63, 3.8) is 0 Å². The van der Waals surface area contributed by atoms with Crippen LogP contribution in [0.2, 0.25) is 10.0 Å². The first-order valence-corrected chi connectivity index (χ1v) is 6.42. The lowest BCUT2D eigenvalue weighted by molar-refractivity contribution is -0.118. The molecule has 0 aliphatic carbocycles. The van der Waals surface area contributed by atoms with E-state index in [1.54, 1.807) is 18.2 Å². The van der Waals surface area contributed by atoms with Crippen LogP contribution in [0, 0.1) is 0 Å². The number of carbonyl (C=O) groups excluding carboxylic acids is 1. The molecule has 1 heterocycles. The average molecular weight is 273 g/mol. The third-order valence-electron chi connectivity index (χ3n) is 2.82. The fraction of sp³-hybridized carbons (Fsp3) is 0.417. The number of carbonyl (C=O) groups is 1. The topological polar surface area (TPSA) is 41.1 Å². The first kappa shape index (κ1) is 12.7. The van der Waals surface area contributed by atoms with Gasteiger partial charge in [-0.3, -0.25) is 4.79 Å². The van der Waals surface area contributed by atoms with Crippen LogP contribution >= 0.6 is 23.2 Å². The second-order valence-corrected chi connectivity index (χ2v) is 4.96. The van der Waals surface area contributed by atoms with E-state index in [4.69, 9.17) is 23.2 Å². The number of amides is 1. The molecule has 1 aromatic carbocycles. The maximum Gasteiger partial charge on any atom is 0.241 e. The molecule has 2 rings (SSSR count). The summed E-state index contributed by atoms with van der Waals surface area (Å²) in [7, 11) is 0. The summed E-state index contributed by atoms with van der Waals surface area (Å²) in [6.07, 6.45) is 3.09. The standard InChI is InChI=1S/C12H14Cl2N2O/c13-8-4-5-10(9(14)7-8)16-12(17)11-3-1-2-6-15-11/h4-5,7,11,15H,1-3,6H2,(H,16,17). The number of hydrogen-bond acceptors (Lipinski definition) is 2. The zero-order chi connectivity index (χ0) is 12.3. The van der Waals surface area contributed by atoms with Crippen molar-refractivity contribution in [2.45, 2.75) is 25.3 Å². The lowest BCUT2D eigenvalue weighted by Crippen LogP contribution is -2.43. The van der Waals surface area contributed by atoms with Gasteiger partial charge in [-0.1, -0.05) is 29.6 Å². The molecule has 0 radical (unpaired) electrons. The Kier molecular flexibility index (Phi) is 4.26. The van der Waals surface area contributed by atoms with Crippen LogP contribution in [0.1, 0.15) is 19.3 Å². The van der Waals surface area contributed by atoms with Crippen LogP contribution in [0.15, 0.2) is 18.2 Å². The van der Waals surface area contributed by atoms with Crippen molar-refractivity contribution in [3.05, 3.63) is 28.2 Å². The molecule has 1 saturated heterocycles. The molecule has 2 N–H and O–H groups in total. The van der Waals surface area contributed by atoms with Gasteiger partial charge >= 0.3 is 0 Å². The van der Waals surface area contributed by atoms with Gasteiger partial charge in [-0.2, -0.15) is 0 Å². The zero-order valence-electron chi connectivity index (χ0n) is 9.30. The van der Waals surface area contributed by atoms with Gasteiger partial charge in [0.2, 0.25) is 5.91 Å². The van der Waals surface area contributed by atoms with Gasteiger partial charge in [0.15, 0.2) is 0 Å². The third kappa shape index (κ3) is 3.35. The van der Waals surface area contributed by atoms with Crippen molar-refractivity contribution < 1.29 is 4.79 Å². The van der Waals surface area contributed by atoms with E-state index >= 15 is 0 Å². The summed E-state index contributed by atoms with van der Waals surface area (Å²) in [5, 5.41) is 7.02. The molecule has 1 unspecified atom stereocenters. The van der Waals surface area contributed by atoms with E-state index in [0.717, 1.165) is 25.8 Å². The molecule has 1 aliphatic heterocycles. The first-order valence-electron chi connectivity index (χ1n) is 5.66. The Bertz CT molecular complexity index is 417. The highest BCUT2D eigenvalue weighted by Gasteiger charge is 2.20. The fourth-order valence-electron chi connectivity index (χ4n) is 1.89. The summed E-state index contributed by atoms with van der Waals surface area (Å²) >= 11 is 11.8. The van der Waals surface area contributed by atoms with E-state index in [2.05, 4.69) is 10.6 Å². The van der Waals surface area contributed by atoms with Crippen LogP contribution in [0.25, 0.3) is 0 Å². The summed E-state index contributed by atoms with van der Waals surface area (Å²) < 4.78 is 0. The SMILES string of the molecule is O=C(Nc1ccc(Cl)cc1Cl)C1CCCCN1. The molecule has 0 spiro atoms. The Morgan fingerprint density at radius 1 is 1.35 bits per heavy atom. The molecule has 1 fully saturated rings. The number of nitrogens with one attached hydrogen (secondary N) is 2. The molecule has 3 nitrogen and oxygen atoms in total. The van der Waals surface area contributed by atoms with E-state index < -0.39 is 0 Å². The number of hydrogen-bond donors (Lipinski definition) is 2. The van der Waals surface area contributed by atoms with E-state index in [-0.39, 0.29) is 11.9 Å². The second kappa shape index (κ2) is 5.71. The maximum absolute atomic E-state index is 11.9. The zero-order valence-corrected chi connectivity index (χ0v) is 10.8. The van der Waals surface area contributed by atoms with Crippen molar-refractivity contribution in [1.82, 2.24) is 5.32 Å². The van der Waals surface area contributed by atoms with Crippen LogP contribution in [0.3, 0.4) is 0 Å². The molecule has 0 saturated carbocycles. The molecule has 0 aromatic heterocycles. The molecule has 5 heteroatoms. The monoisotopic (exact) mass is 272 g/mol. The van der Waals surface area contributed by atoms with Gasteiger partial charge in [-0.15, -0.1) is 0 Å². The van der Waals surface area contributed by atoms with E-state index in [9.17, 15) is 4.79 Å². The van der Waals surface area contributed by atoms with Crippen molar-refractivity contribution in [3.8, 4) is 0 Å². The van der Waals surface area contributed by atoms with Gasteiger partial charge in [0.05, 0.1) is 16.8 Å². The summed E-state index contributed by atoms with van der Waals surface area (Å²) in [5.74, 6) is -0.0334. The summed E-state index contributed by atoms with van der Waals surface area (Å²) in [6, 6.07) is 4.92. The Balaban J connectivity index is 2.02. The third-order valence-corrected chi connectivity index (χ3v) is 3.36. The van der Waals surface area contributed by atoms with Gasteiger partial charge in [0, 0.05) is 5.02 Å². The summed E-state index contributed by atoms with van der Waals surface area (Å²) in [4.78, 5) is 11.9. The number of rotatable bonds is 2. The lowest BCUT2D eigenvalue weighted by Gasteiger charge is -2.22. The van der Waals surface area contributed by atoms with Crippen molar-refractivity contribution >= 4 is 34.8 Å². The quantitative estimate of drug-likeness (QED) is 0.869. The van der Waals surface area contributed by atoms with Crippen molar-refractivity contribution in [1.29, 1.82) is 0 Å². The van der Waals surface area contributed by atoms with E-state index in [0.29, 0.717) is 15.7 Å². The Hall–Kier alpha value is -0.770. The van der Waals surface area contributed by atoms with Crippen LogP contribution < -0.4 is 10.6 Å². The predicted octanol–water partition coefficient (Wildman–Crippen LogP) is 3.07. The predicted molar refractivity (Wildman–Crippen MR) is 70.7 cm³/mol. The van der Waals surface area contributed by atoms with Crippen molar-refractivity contribution in [2.75, 3.05) is 11.9 Å². The molecule has 1 atom stereocenters. The van der Waals surface area contributed by atoms with E-state index in [1.807, 2.05) is 0 Å². The van der Waals surface area contributed by atoms with Gasteiger partial charge in [0.25, 0.3) is 0 Å².